The Balaban J connectivity index is 2.13. The summed E-state index contributed by atoms with van der Waals surface area (Å²) in [7, 11) is 1.79. The molecule has 110 valence electrons. The molecule has 1 heterocycles. The van der Waals surface area contributed by atoms with Gasteiger partial charge in [0.1, 0.15) is 0 Å². The maximum Gasteiger partial charge on any atom is 0.255 e. The van der Waals surface area contributed by atoms with E-state index in [1.54, 1.807) is 24.9 Å². The Morgan fingerprint density at radius 3 is 2.38 bits per heavy atom. The average Bonchev–Trinajstić information content (AvgIpc) is 2.49. The summed E-state index contributed by atoms with van der Waals surface area (Å²) in [5.41, 5.74) is 9.72. The van der Waals surface area contributed by atoms with E-state index in [2.05, 4.69) is 10.2 Å². The van der Waals surface area contributed by atoms with Gasteiger partial charge in [0.2, 0.25) is 0 Å². The van der Waals surface area contributed by atoms with E-state index >= 15 is 0 Å². The molecule has 0 fully saturated rings. The molecule has 0 radical (unpaired) electrons. The van der Waals surface area contributed by atoms with Gasteiger partial charge in [-0.1, -0.05) is 24.3 Å². The molecule has 1 amide bonds. The molecule has 2 aromatic rings. The van der Waals surface area contributed by atoms with E-state index in [0.29, 0.717) is 24.3 Å². The summed E-state index contributed by atoms with van der Waals surface area (Å²) < 4.78 is 0. The average molecular weight is 284 g/mol. The highest BCUT2D eigenvalue weighted by atomic mass is 16.2. The van der Waals surface area contributed by atoms with Gasteiger partial charge in [-0.25, -0.2) is 0 Å². The predicted molar refractivity (Wildman–Crippen MR) is 81.6 cm³/mol. The van der Waals surface area contributed by atoms with E-state index in [0.717, 1.165) is 16.8 Å². The molecule has 5 nitrogen and oxygen atoms in total. The number of aromatic nitrogens is 2. The maximum absolute atomic E-state index is 12.5. The third-order valence-corrected chi connectivity index (χ3v) is 3.36. The molecule has 1 aromatic carbocycles. The van der Waals surface area contributed by atoms with Crippen molar-refractivity contribution < 1.29 is 4.79 Å². The summed E-state index contributed by atoms with van der Waals surface area (Å²) in [6.07, 6.45) is 0. The van der Waals surface area contributed by atoms with E-state index in [1.807, 2.05) is 31.2 Å². The molecular formula is C16H20N4O. The number of amides is 1. The lowest BCUT2D eigenvalue weighted by molar-refractivity contribution is 0.0783. The van der Waals surface area contributed by atoms with Crippen LogP contribution in [0.15, 0.2) is 30.3 Å². The lowest BCUT2D eigenvalue weighted by Crippen LogP contribution is -2.27. The zero-order valence-electron chi connectivity index (χ0n) is 12.6. The molecule has 1 aromatic heterocycles. The highest BCUT2D eigenvalue weighted by Gasteiger charge is 2.16. The molecule has 0 saturated heterocycles. The summed E-state index contributed by atoms with van der Waals surface area (Å²) in [6, 6.07) is 9.73. The molecular weight excluding hydrogens is 264 g/mol. The molecule has 0 aliphatic heterocycles. The van der Waals surface area contributed by atoms with Crippen LogP contribution < -0.4 is 5.73 Å². The standard InChI is InChI=1S/C16H20N4O/c1-11-8-15(12(2)19-18-11)16(21)20(3)10-14-6-4-13(9-17)5-7-14/h4-8H,9-10,17H2,1-3H3. The Labute approximate surface area is 124 Å². The number of nitrogens with zero attached hydrogens (tertiary/aromatic N) is 3. The fraction of sp³-hybridized carbons (Fsp3) is 0.312. The van der Waals surface area contributed by atoms with Crippen molar-refractivity contribution in [2.24, 2.45) is 5.73 Å². The second kappa shape index (κ2) is 6.45. The van der Waals surface area contributed by atoms with Crippen LogP contribution in [0.4, 0.5) is 0 Å². The third-order valence-electron chi connectivity index (χ3n) is 3.36. The van der Waals surface area contributed by atoms with Gasteiger partial charge in [-0.05, 0) is 31.0 Å². The van der Waals surface area contributed by atoms with Gasteiger partial charge in [0.15, 0.2) is 0 Å². The first-order valence-electron chi connectivity index (χ1n) is 6.85. The summed E-state index contributed by atoms with van der Waals surface area (Å²) in [5, 5.41) is 7.95. The number of hydrogen-bond acceptors (Lipinski definition) is 4. The van der Waals surface area contributed by atoms with Gasteiger partial charge in [0, 0.05) is 20.1 Å². The summed E-state index contributed by atoms with van der Waals surface area (Å²) in [5.74, 6) is -0.0478. The normalized spacial score (nSPS) is 10.5. The first kappa shape index (κ1) is 15.1. The van der Waals surface area contributed by atoms with Gasteiger partial charge in [-0.3, -0.25) is 4.79 Å². The smallest absolute Gasteiger partial charge is 0.255 e. The van der Waals surface area contributed by atoms with E-state index in [4.69, 9.17) is 5.73 Å². The van der Waals surface area contributed by atoms with Crippen LogP contribution in [0.2, 0.25) is 0 Å². The topological polar surface area (TPSA) is 72.1 Å². The number of hydrogen-bond donors (Lipinski definition) is 1. The minimum Gasteiger partial charge on any atom is -0.337 e. The molecule has 0 aliphatic carbocycles. The van der Waals surface area contributed by atoms with Crippen LogP contribution in [0.25, 0.3) is 0 Å². The minimum atomic E-state index is -0.0478. The Morgan fingerprint density at radius 1 is 1.14 bits per heavy atom. The fourth-order valence-electron chi connectivity index (χ4n) is 2.10. The largest absolute Gasteiger partial charge is 0.337 e. The summed E-state index contributed by atoms with van der Waals surface area (Å²) >= 11 is 0. The van der Waals surface area contributed by atoms with Crippen LogP contribution in [-0.2, 0) is 13.1 Å². The predicted octanol–water partition coefficient (Wildman–Crippen LogP) is 1.82. The lowest BCUT2D eigenvalue weighted by Gasteiger charge is -2.18. The van der Waals surface area contributed by atoms with Crippen molar-refractivity contribution >= 4 is 5.91 Å². The van der Waals surface area contributed by atoms with Crippen molar-refractivity contribution in [1.29, 1.82) is 0 Å². The molecule has 0 aliphatic rings. The zero-order chi connectivity index (χ0) is 15.4. The van der Waals surface area contributed by atoms with Gasteiger partial charge in [-0.15, -0.1) is 0 Å². The van der Waals surface area contributed by atoms with Gasteiger partial charge in [-0.2, -0.15) is 10.2 Å². The number of benzene rings is 1. The van der Waals surface area contributed by atoms with E-state index in [1.165, 1.54) is 0 Å². The van der Waals surface area contributed by atoms with E-state index in [9.17, 15) is 4.79 Å². The van der Waals surface area contributed by atoms with Gasteiger partial charge >= 0.3 is 0 Å². The molecule has 2 N–H and O–H groups in total. The Morgan fingerprint density at radius 2 is 1.76 bits per heavy atom. The van der Waals surface area contributed by atoms with Gasteiger partial charge in [0.25, 0.3) is 5.91 Å². The summed E-state index contributed by atoms with van der Waals surface area (Å²) in [4.78, 5) is 14.2. The minimum absolute atomic E-state index is 0.0478. The molecule has 0 spiro atoms. The van der Waals surface area contributed by atoms with Crippen molar-refractivity contribution in [3.63, 3.8) is 0 Å². The number of rotatable bonds is 4. The molecule has 0 saturated carbocycles. The molecule has 21 heavy (non-hydrogen) atoms. The third kappa shape index (κ3) is 3.64. The quantitative estimate of drug-likeness (QED) is 0.929. The molecule has 0 atom stereocenters. The summed E-state index contributed by atoms with van der Waals surface area (Å²) in [6.45, 7) is 4.69. The van der Waals surface area contributed by atoms with Crippen molar-refractivity contribution in [3.05, 3.63) is 58.4 Å². The molecule has 0 bridgehead atoms. The monoisotopic (exact) mass is 284 g/mol. The highest BCUT2D eigenvalue weighted by molar-refractivity contribution is 5.95. The van der Waals surface area contributed by atoms with E-state index < -0.39 is 0 Å². The zero-order valence-corrected chi connectivity index (χ0v) is 12.6. The second-order valence-corrected chi connectivity index (χ2v) is 5.17. The number of aryl methyl sites for hydroxylation is 2. The van der Waals surface area contributed by atoms with Crippen molar-refractivity contribution in [1.82, 2.24) is 15.1 Å². The van der Waals surface area contributed by atoms with Crippen LogP contribution in [0, 0.1) is 13.8 Å². The van der Waals surface area contributed by atoms with Crippen LogP contribution in [0.5, 0.6) is 0 Å². The second-order valence-electron chi connectivity index (χ2n) is 5.17. The maximum atomic E-state index is 12.5. The number of carbonyl (C=O) groups is 1. The Kier molecular flexibility index (Phi) is 4.65. The first-order valence-corrected chi connectivity index (χ1v) is 6.85. The molecule has 0 unspecified atom stereocenters. The van der Waals surface area contributed by atoms with Crippen LogP contribution in [0.3, 0.4) is 0 Å². The SMILES string of the molecule is Cc1cc(C(=O)N(C)Cc2ccc(CN)cc2)c(C)nn1. The van der Waals surface area contributed by atoms with E-state index in [-0.39, 0.29) is 5.91 Å². The van der Waals surface area contributed by atoms with Crippen molar-refractivity contribution in [2.45, 2.75) is 26.9 Å². The van der Waals surface area contributed by atoms with Crippen molar-refractivity contribution in [2.75, 3.05) is 7.05 Å². The Hall–Kier alpha value is -2.27. The van der Waals surface area contributed by atoms with Crippen LogP contribution in [-0.4, -0.2) is 28.1 Å². The van der Waals surface area contributed by atoms with Crippen molar-refractivity contribution in [3.8, 4) is 0 Å². The number of nitrogens with two attached hydrogens (primary N) is 1. The number of carbonyl (C=O) groups excluding carboxylic acids is 1. The highest BCUT2D eigenvalue weighted by Crippen LogP contribution is 2.12. The lowest BCUT2D eigenvalue weighted by atomic mass is 10.1. The molecule has 5 heteroatoms. The van der Waals surface area contributed by atoms with Gasteiger partial charge in [0.05, 0.1) is 17.0 Å². The molecule has 2 rings (SSSR count). The Bertz CT molecular complexity index is 637. The van der Waals surface area contributed by atoms with Crippen LogP contribution in [0.1, 0.15) is 32.9 Å². The van der Waals surface area contributed by atoms with Gasteiger partial charge < -0.3 is 10.6 Å². The fourth-order valence-corrected chi connectivity index (χ4v) is 2.10. The first-order chi connectivity index (χ1) is 10.0. The van der Waals surface area contributed by atoms with Crippen LogP contribution >= 0.6 is 0 Å².